The predicted octanol–water partition coefficient (Wildman–Crippen LogP) is -1.41. The van der Waals surface area contributed by atoms with Crippen LogP contribution < -0.4 is 5.73 Å². The van der Waals surface area contributed by atoms with Crippen molar-refractivity contribution < 1.29 is 33.3 Å². The van der Waals surface area contributed by atoms with Gasteiger partial charge in [0.25, 0.3) is 0 Å². The van der Waals surface area contributed by atoms with Gasteiger partial charge in [0.05, 0.1) is 37.3 Å². The molecule has 10 heteroatoms. The standard InChI is InChI=1S/C17H21N3O7/c1-19-9-6-20-12-10(21)5-16(26-3-4-27-16)14(22)11(12)8(7-25-15(18)23)17(20,24-2)13(9)19/h8-9,13H,3-7H2,1-2H3,(H2,18,23)/t8-,9+,13+,17-,19?/m1/s1. The Bertz CT molecular complexity index is 789. The SMILES string of the molecule is CO[C@@]12[C@H](COC(N)=O)C3=C(C(=O)CC4(OCCO4)C3=O)N1C[C@H]1[C@@H]2N1C. The van der Waals surface area contributed by atoms with Crippen molar-refractivity contribution in [1.29, 1.82) is 0 Å². The zero-order valence-corrected chi connectivity index (χ0v) is 15.1. The maximum atomic E-state index is 13.4. The third-order valence-corrected chi connectivity index (χ3v) is 6.55. The van der Waals surface area contributed by atoms with Gasteiger partial charge >= 0.3 is 6.09 Å². The molecule has 0 aromatic rings. The largest absolute Gasteiger partial charge is 0.449 e. The molecule has 5 aliphatic rings. The van der Waals surface area contributed by atoms with Crippen molar-refractivity contribution >= 4 is 17.7 Å². The first-order valence-electron chi connectivity index (χ1n) is 8.94. The fourth-order valence-corrected chi connectivity index (χ4v) is 5.44. The lowest BCUT2D eigenvalue weighted by Crippen LogP contribution is -2.55. The van der Waals surface area contributed by atoms with Crippen molar-refractivity contribution in [3.8, 4) is 0 Å². The molecule has 10 nitrogen and oxygen atoms in total. The number of carbonyl (C=O) groups excluding carboxylic acids is 3. The summed E-state index contributed by atoms with van der Waals surface area (Å²) in [5.41, 5.74) is 4.80. The molecule has 27 heavy (non-hydrogen) atoms. The van der Waals surface area contributed by atoms with E-state index < -0.39 is 29.3 Å². The number of allylic oxidation sites excluding steroid dienone is 1. The van der Waals surface area contributed by atoms with E-state index in [-0.39, 0.29) is 49.7 Å². The van der Waals surface area contributed by atoms with Crippen LogP contribution in [0.15, 0.2) is 11.3 Å². The number of hydrogen-bond acceptors (Lipinski definition) is 9. The molecule has 2 N–H and O–H groups in total. The van der Waals surface area contributed by atoms with Gasteiger partial charge in [0.2, 0.25) is 11.6 Å². The number of nitrogens with zero attached hydrogens (tertiary/aromatic N) is 2. The summed E-state index contributed by atoms with van der Waals surface area (Å²) in [7, 11) is 3.51. The molecule has 0 bridgehead atoms. The van der Waals surface area contributed by atoms with Crippen molar-refractivity contribution in [2.75, 3.05) is 40.5 Å². The molecule has 0 aromatic heterocycles. The molecule has 0 aromatic carbocycles. The van der Waals surface area contributed by atoms with Gasteiger partial charge in [0.1, 0.15) is 6.61 Å². The summed E-state index contributed by atoms with van der Waals surface area (Å²) in [5, 5.41) is 0. The number of amides is 1. The number of ketones is 2. The third kappa shape index (κ3) is 1.91. The molecule has 4 aliphatic heterocycles. The number of ether oxygens (including phenoxy) is 4. The molecule has 0 radical (unpaired) electrons. The molecular formula is C17H21N3O7. The number of fused-ring (bicyclic) bond motifs is 4. The van der Waals surface area contributed by atoms with Gasteiger partial charge in [-0.05, 0) is 7.05 Å². The highest BCUT2D eigenvalue weighted by molar-refractivity contribution is 6.16. The van der Waals surface area contributed by atoms with E-state index in [0.717, 1.165) is 0 Å². The van der Waals surface area contributed by atoms with Crippen LogP contribution in [0.1, 0.15) is 6.42 Å². The lowest BCUT2D eigenvalue weighted by Gasteiger charge is -2.40. The van der Waals surface area contributed by atoms with Crippen molar-refractivity contribution in [2.45, 2.75) is 30.0 Å². The zero-order valence-electron chi connectivity index (χ0n) is 15.1. The molecule has 0 saturated carbocycles. The van der Waals surface area contributed by atoms with E-state index >= 15 is 0 Å². The maximum absolute atomic E-state index is 13.4. The van der Waals surface area contributed by atoms with E-state index in [9.17, 15) is 14.4 Å². The molecule has 1 aliphatic carbocycles. The van der Waals surface area contributed by atoms with Crippen molar-refractivity contribution in [2.24, 2.45) is 11.7 Å². The average molecular weight is 379 g/mol. The third-order valence-electron chi connectivity index (χ3n) is 6.55. The molecule has 1 spiro atoms. The van der Waals surface area contributed by atoms with Gasteiger partial charge in [-0.25, -0.2) is 4.79 Å². The number of carbonyl (C=O) groups is 3. The number of hydrogen-bond donors (Lipinski definition) is 1. The van der Waals surface area contributed by atoms with Gasteiger partial charge < -0.3 is 29.6 Å². The Balaban J connectivity index is 1.63. The van der Waals surface area contributed by atoms with Crippen LogP contribution in [0.3, 0.4) is 0 Å². The van der Waals surface area contributed by atoms with Crippen LogP contribution in [-0.2, 0) is 28.5 Å². The fraction of sp³-hybridized carbons (Fsp3) is 0.706. The van der Waals surface area contributed by atoms with Crippen LogP contribution >= 0.6 is 0 Å². The molecule has 3 fully saturated rings. The van der Waals surface area contributed by atoms with E-state index in [4.69, 9.17) is 24.7 Å². The maximum Gasteiger partial charge on any atom is 0.404 e. The van der Waals surface area contributed by atoms with Crippen LogP contribution in [0.5, 0.6) is 0 Å². The van der Waals surface area contributed by atoms with Crippen molar-refractivity contribution in [3.63, 3.8) is 0 Å². The second kappa shape index (κ2) is 5.28. The summed E-state index contributed by atoms with van der Waals surface area (Å²) < 4.78 is 22.2. The molecular weight excluding hydrogens is 358 g/mol. The van der Waals surface area contributed by atoms with Crippen molar-refractivity contribution in [3.05, 3.63) is 11.3 Å². The number of nitrogens with two attached hydrogens (primary N) is 1. The first-order valence-corrected chi connectivity index (χ1v) is 8.94. The van der Waals surface area contributed by atoms with Crippen LogP contribution in [-0.4, -0.2) is 91.6 Å². The Morgan fingerprint density at radius 1 is 1.33 bits per heavy atom. The smallest absolute Gasteiger partial charge is 0.404 e. The minimum atomic E-state index is -1.58. The summed E-state index contributed by atoms with van der Waals surface area (Å²) in [4.78, 5) is 41.7. The summed E-state index contributed by atoms with van der Waals surface area (Å²) >= 11 is 0. The minimum absolute atomic E-state index is 0.0171. The summed E-state index contributed by atoms with van der Waals surface area (Å²) in [6, 6.07) is 0.199. The second-order valence-electron chi connectivity index (χ2n) is 7.57. The van der Waals surface area contributed by atoms with Crippen LogP contribution in [0, 0.1) is 5.92 Å². The van der Waals surface area contributed by atoms with Crippen LogP contribution in [0.25, 0.3) is 0 Å². The number of rotatable bonds is 3. The Labute approximate surface area is 155 Å². The van der Waals surface area contributed by atoms with Gasteiger partial charge in [-0.1, -0.05) is 0 Å². The first-order chi connectivity index (χ1) is 12.9. The fourth-order valence-electron chi connectivity index (χ4n) is 5.44. The summed E-state index contributed by atoms with van der Waals surface area (Å²) in [6.07, 6.45) is -1.10. The monoisotopic (exact) mass is 379 g/mol. The van der Waals surface area contributed by atoms with E-state index in [1.54, 1.807) is 7.11 Å². The predicted molar refractivity (Wildman–Crippen MR) is 87.1 cm³/mol. The highest BCUT2D eigenvalue weighted by Gasteiger charge is 2.76. The van der Waals surface area contributed by atoms with Gasteiger partial charge in [0.15, 0.2) is 11.5 Å². The quantitative estimate of drug-likeness (QED) is 0.590. The Hall–Kier alpha value is -2.01. The normalized spacial score (nSPS) is 41.0. The number of primary amides is 1. The average Bonchev–Trinajstić information content (AvgIpc) is 3.00. The number of piperazine rings is 1. The highest BCUT2D eigenvalue weighted by Crippen LogP contribution is 2.59. The molecule has 1 unspecified atom stereocenters. The van der Waals surface area contributed by atoms with E-state index in [1.165, 1.54) is 0 Å². The number of methoxy groups -OCH3 is 1. The van der Waals surface area contributed by atoms with Gasteiger partial charge in [-0.2, -0.15) is 0 Å². The molecule has 4 heterocycles. The van der Waals surface area contributed by atoms with Crippen LogP contribution in [0.4, 0.5) is 4.79 Å². The topological polar surface area (TPSA) is 120 Å². The lowest BCUT2D eigenvalue weighted by molar-refractivity contribution is -0.182. The minimum Gasteiger partial charge on any atom is -0.449 e. The first kappa shape index (κ1) is 17.1. The molecule has 146 valence electrons. The molecule has 1 amide bonds. The summed E-state index contributed by atoms with van der Waals surface area (Å²) in [5.74, 6) is -2.85. The number of likely N-dealkylation sites (N-methyl/N-ethyl adjacent to an activating group) is 1. The number of Topliss-reactive ketones (excluding diaryl/α,β-unsaturated/α-hetero) is 2. The van der Waals surface area contributed by atoms with Crippen molar-refractivity contribution in [1.82, 2.24) is 9.80 Å². The Morgan fingerprint density at radius 2 is 2.04 bits per heavy atom. The summed E-state index contributed by atoms with van der Waals surface area (Å²) in [6.45, 7) is 0.895. The van der Waals surface area contributed by atoms with Gasteiger partial charge in [0, 0.05) is 25.3 Å². The molecule has 3 saturated heterocycles. The highest BCUT2D eigenvalue weighted by atomic mass is 16.7. The van der Waals surface area contributed by atoms with E-state index in [2.05, 4.69) is 4.90 Å². The zero-order chi connectivity index (χ0) is 19.1. The van der Waals surface area contributed by atoms with E-state index in [0.29, 0.717) is 12.2 Å². The van der Waals surface area contributed by atoms with Gasteiger partial charge in [-0.15, -0.1) is 0 Å². The van der Waals surface area contributed by atoms with Crippen LogP contribution in [0.2, 0.25) is 0 Å². The molecule has 5 rings (SSSR count). The lowest BCUT2D eigenvalue weighted by atomic mass is 9.80. The Kier molecular flexibility index (Phi) is 3.35. The Morgan fingerprint density at radius 3 is 2.67 bits per heavy atom. The van der Waals surface area contributed by atoms with Gasteiger partial charge in [-0.3, -0.25) is 14.5 Å². The second-order valence-corrected chi connectivity index (χ2v) is 7.57. The molecule has 5 atom stereocenters. The van der Waals surface area contributed by atoms with E-state index in [1.807, 2.05) is 11.9 Å².